The number of anilines is 1. The topological polar surface area (TPSA) is 57.3 Å². The van der Waals surface area contributed by atoms with Gasteiger partial charge in [-0.15, -0.1) is 0 Å². The molecular weight excluding hydrogens is 288 g/mol. The second kappa shape index (κ2) is 6.73. The van der Waals surface area contributed by atoms with Gasteiger partial charge in [0.2, 0.25) is 5.91 Å². The minimum absolute atomic E-state index is 0.0187. The van der Waals surface area contributed by atoms with Crippen molar-refractivity contribution in [1.82, 2.24) is 15.2 Å². The lowest BCUT2D eigenvalue weighted by Gasteiger charge is -2.25. The Morgan fingerprint density at radius 2 is 2.33 bits per heavy atom. The average molecular weight is 309 g/mol. The third-order valence-electron chi connectivity index (χ3n) is 4.06. The molecule has 6 heteroatoms. The van der Waals surface area contributed by atoms with Crippen molar-refractivity contribution in [2.24, 2.45) is 0 Å². The van der Waals surface area contributed by atoms with Gasteiger partial charge < -0.3 is 10.6 Å². The zero-order valence-corrected chi connectivity index (χ0v) is 12.8. The standard InChI is InChI=1S/C15H21ClN4O/c16-15-13(4-2-8-18-15)19-14(21)10-20(12-5-6-12)9-11-3-1-7-17-11/h2,4,8,11-12,17H,1,3,5-7,9-10H2,(H,19,21). The van der Waals surface area contributed by atoms with Crippen LogP contribution < -0.4 is 10.6 Å². The average Bonchev–Trinajstić information content (AvgIpc) is 3.19. The number of hydrogen-bond donors (Lipinski definition) is 2. The van der Waals surface area contributed by atoms with Crippen LogP contribution in [0.15, 0.2) is 18.3 Å². The molecule has 2 aliphatic rings. The first-order chi connectivity index (χ1) is 10.2. The highest BCUT2D eigenvalue weighted by Gasteiger charge is 2.32. The maximum Gasteiger partial charge on any atom is 0.238 e. The number of carbonyl (C=O) groups is 1. The lowest BCUT2D eigenvalue weighted by Crippen LogP contribution is -2.42. The molecule has 0 radical (unpaired) electrons. The number of hydrogen-bond acceptors (Lipinski definition) is 4. The Hall–Kier alpha value is -1.17. The van der Waals surface area contributed by atoms with Crippen molar-refractivity contribution in [2.75, 3.05) is 25.0 Å². The number of rotatable bonds is 6. The fourth-order valence-corrected chi connectivity index (χ4v) is 3.00. The van der Waals surface area contributed by atoms with Crippen LogP contribution in [-0.4, -0.2) is 47.5 Å². The van der Waals surface area contributed by atoms with Gasteiger partial charge in [-0.05, 0) is 44.4 Å². The molecule has 0 spiro atoms. The summed E-state index contributed by atoms with van der Waals surface area (Å²) >= 11 is 5.97. The molecule has 1 aliphatic carbocycles. The van der Waals surface area contributed by atoms with E-state index in [1.54, 1.807) is 18.3 Å². The highest BCUT2D eigenvalue weighted by molar-refractivity contribution is 6.32. The van der Waals surface area contributed by atoms with Crippen molar-refractivity contribution in [1.29, 1.82) is 0 Å². The van der Waals surface area contributed by atoms with Crippen molar-refractivity contribution in [3.8, 4) is 0 Å². The summed E-state index contributed by atoms with van der Waals surface area (Å²) in [7, 11) is 0. The summed E-state index contributed by atoms with van der Waals surface area (Å²) in [6.07, 6.45) is 6.46. The van der Waals surface area contributed by atoms with E-state index in [-0.39, 0.29) is 5.91 Å². The second-order valence-electron chi connectivity index (χ2n) is 5.84. The van der Waals surface area contributed by atoms with E-state index in [9.17, 15) is 4.79 Å². The fourth-order valence-electron chi connectivity index (χ4n) is 2.83. The summed E-state index contributed by atoms with van der Waals surface area (Å²) in [4.78, 5) is 18.5. The molecule has 21 heavy (non-hydrogen) atoms. The van der Waals surface area contributed by atoms with E-state index in [1.165, 1.54) is 25.7 Å². The zero-order valence-electron chi connectivity index (χ0n) is 12.0. The molecule has 1 aliphatic heterocycles. The van der Waals surface area contributed by atoms with E-state index in [4.69, 9.17) is 11.6 Å². The molecule has 1 aromatic rings. The van der Waals surface area contributed by atoms with Crippen LogP contribution in [0.2, 0.25) is 5.15 Å². The van der Waals surface area contributed by atoms with Crippen LogP contribution in [0.3, 0.4) is 0 Å². The monoisotopic (exact) mass is 308 g/mol. The van der Waals surface area contributed by atoms with Crippen molar-refractivity contribution >= 4 is 23.2 Å². The highest BCUT2D eigenvalue weighted by Crippen LogP contribution is 2.27. The number of aromatic nitrogens is 1. The fraction of sp³-hybridized carbons (Fsp3) is 0.600. The Balaban J connectivity index is 1.55. The molecule has 2 fully saturated rings. The lowest BCUT2D eigenvalue weighted by atomic mass is 10.2. The van der Waals surface area contributed by atoms with E-state index in [1.807, 2.05) is 0 Å². The maximum atomic E-state index is 12.2. The third-order valence-corrected chi connectivity index (χ3v) is 4.36. The summed E-state index contributed by atoms with van der Waals surface area (Å²) in [5.74, 6) is -0.0187. The van der Waals surface area contributed by atoms with Gasteiger partial charge in [0.25, 0.3) is 0 Å². The van der Waals surface area contributed by atoms with Crippen LogP contribution >= 0.6 is 11.6 Å². The van der Waals surface area contributed by atoms with Crippen molar-refractivity contribution < 1.29 is 4.79 Å². The van der Waals surface area contributed by atoms with Gasteiger partial charge in [-0.25, -0.2) is 4.98 Å². The van der Waals surface area contributed by atoms with Gasteiger partial charge in [-0.1, -0.05) is 11.6 Å². The molecule has 1 atom stereocenters. The summed E-state index contributed by atoms with van der Waals surface area (Å²) in [5, 5.41) is 6.68. The summed E-state index contributed by atoms with van der Waals surface area (Å²) in [5.41, 5.74) is 0.582. The van der Waals surface area contributed by atoms with E-state index in [2.05, 4.69) is 20.5 Å². The molecule has 1 saturated carbocycles. The van der Waals surface area contributed by atoms with Crippen LogP contribution in [0.5, 0.6) is 0 Å². The van der Waals surface area contributed by atoms with Gasteiger partial charge in [-0.3, -0.25) is 9.69 Å². The number of halogens is 1. The first-order valence-corrected chi connectivity index (χ1v) is 7.98. The molecule has 2 heterocycles. The van der Waals surface area contributed by atoms with Gasteiger partial charge in [0.15, 0.2) is 5.15 Å². The Bertz CT molecular complexity index is 500. The molecule has 0 bridgehead atoms. The van der Waals surface area contributed by atoms with Crippen molar-refractivity contribution in [3.63, 3.8) is 0 Å². The minimum Gasteiger partial charge on any atom is -0.322 e. The molecule has 1 unspecified atom stereocenters. The van der Waals surface area contributed by atoms with Crippen LogP contribution in [0.25, 0.3) is 0 Å². The van der Waals surface area contributed by atoms with E-state index in [0.717, 1.165) is 13.1 Å². The molecule has 5 nitrogen and oxygen atoms in total. The van der Waals surface area contributed by atoms with Crippen molar-refractivity contribution in [3.05, 3.63) is 23.5 Å². The lowest BCUT2D eigenvalue weighted by molar-refractivity contribution is -0.117. The first-order valence-electron chi connectivity index (χ1n) is 7.60. The molecule has 114 valence electrons. The Labute approximate surface area is 130 Å². The number of pyridine rings is 1. The predicted octanol–water partition coefficient (Wildman–Crippen LogP) is 1.89. The number of nitrogens with zero attached hydrogens (tertiary/aromatic N) is 2. The SMILES string of the molecule is O=C(CN(CC1CCCN1)C1CC1)Nc1cccnc1Cl. The third kappa shape index (κ3) is 4.15. The van der Waals surface area contributed by atoms with Crippen LogP contribution in [0, 0.1) is 0 Å². The van der Waals surface area contributed by atoms with E-state index < -0.39 is 0 Å². The number of nitrogens with one attached hydrogen (secondary N) is 2. The highest BCUT2D eigenvalue weighted by atomic mass is 35.5. The van der Waals surface area contributed by atoms with E-state index in [0.29, 0.717) is 29.5 Å². The summed E-state index contributed by atoms with van der Waals surface area (Å²) in [6, 6.07) is 4.64. The molecule has 1 amide bonds. The molecule has 2 N–H and O–H groups in total. The zero-order chi connectivity index (χ0) is 14.7. The van der Waals surface area contributed by atoms with Gasteiger partial charge >= 0.3 is 0 Å². The van der Waals surface area contributed by atoms with Crippen LogP contribution in [0.1, 0.15) is 25.7 Å². The van der Waals surface area contributed by atoms with Crippen LogP contribution in [0.4, 0.5) is 5.69 Å². The quantitative estimate of drug-likeness (QED) is 0.788. The molecular formula is C15H21ClN4O. The Kier molecular flexibility index (Phi) is 4.73. The number of amides is 1. The van der Waals surface area contributed by atoms with Crippen LogP contribution in [-0.2, 0) is 4.79 Å². The molecule has 1 aromatic heterocycles. The number of carbonyl (C=O) groups excluding carboxylic acids is 1. The molecule has 1 saturated heterocycles. The maximum absolute atomic E-state index is 12.2. The van der Waals surface area contributed by atoms with E-state index >= 15 is 0 Å². The van der Waals surface area contributed by atoms with Crippen molar-refractivity contribution in [2.45, 2.75) is 37.8 Å². The van der Waals surface area contributed by atoms with Gasteiger partial charge in [-0.2, -0.15) is 0 Å². The smallest absolute Gasteiger partial charge is 0.238 e. The molecule has 3 rings (SSSR count). The minimum atomic E-state index is -0.0187. The van der Waals surface area contributed by atoms with Gasteiger partial charge in [0.05, 0.1) is 12.2 Å². The van der Waals surface area contributed by atoms with Gasteiger partial charge in [0, 0.05) is 24.8 Å². The Morgan fingerprint density at radius 1 is 1.48 bits per heavy atom. The Morgan fingerprint density at radius 3 is 3.00 bits per heavy atom. The second-order valence-corrected chi connectivity index (χ2v) is 6.20. The van der Waals surface area contributed by atoms with Gasteiger partial charge in [0.1, 0.15) is 0 Å². The summed E-state index contributed by atoms with van der Waals surface area (Å²) < 4.78 is 0. The summed E-state index contributed by atoms with van der Waals surface area (Å²) in [6.45, 7) is 2.48. The molecule has 0 aromatic carbocycles. The normalized spacial score (nSPS) is 21.7. The predicted molar refractivity (Wildman–Crippen MR) is 83.5 cm³/mol. The largest absolute Gasteiger partial charge is 0.322 e. The first kappa shape index (κ1) is 14.8.